The van der Waals surface area contributed by atoms with Gasteiger partial charge in [0.15, 0.2) is 0 Å². The van der Waals surface area contributed by atoms with Crippen LogP contribution in [0.5, 0.6) is 0 Å². The first-order valence-electron chi connectivity index (χ1n) is 7.33. The lowest BCUT2D eigenvalue weighted by Crippen LogP contribution is -2.29. The van der Waals surface area contributed by atoms with Crippen LogP contribution in [0, 0.1) is 11.3 Å². The van der Waals surface area contributed by atoms with Gasteiger partial charge in [-0.25, -0.2) is 0 Å². The second-order valence-corrected chi connectivity index (χ2v) is 6.23. The summed E-state index contributed by atoms with van der Waals surface area (Å²) in [5.74, 6) is 0. The van der Waals surface area contributed by atoms with Crippen LogP contribution < -0.4 is 10.2 Å². The van der Waals surface area contributed by atoms with Crippen LogP contribution in [0.15, 0.2) is 22.7 Å². The van der Waals surface area contributed by atoms with Gasteiger partial charge in [-0.2, -0.15) is 5.26 Å². The van der Waals surface area contributed by atoms with Crippen molar-refractivity contribution in [1.82, 2.24) is 5.32 Å². The molecule has 2 rings (SSSR count). The fraction of sp³-hybridized carbons (Fsp3) is 0.562. The molecule has 1 aliphatic rings. The second-order valence-electron chi connectivity index (χ2n) is 5.32. The van der Waals surface area contributed by atoms with E-state index in [-0.39, 0.29) is 0 Å². The number of anilines is 1. The summed E-state index contributed by atoms with van der Waals surface area (Å²) in [6.45, 7) is 6.11. The lowest BCUT2D eigenvalue weighted by Gasteiger charge is -2.29. The summed E-state index contributed by atoms with van der Waals surface area (Å²) in [5.41, 5.74) is 2.59. The predicted molar refractivity (Wildman–Crippen MR) is 86.8 cm³/mol. The van der Waals surface area contributed by atoms with Gasteiger partial charge in [-0.1, -0.05) is 28.9 Å². The Balaban J connectivity index is 2.31. The Labute approximate surface area is 130 Å². The van der Waals surface area contributed by atoms with Crippen molar-refractivity contribution >= 4 is 21.6 Å². The molecule has 20 heavy (non-hydrogen) atoms. The van der Waals surface area contributed by atoms with Crippen LogP contribution in [0.4, 0.5) is 5.69 Å². The van der Waals surface area contributed by atoms with Crippen molar-refractivity contribution in [2.24, 2.45) is 0 Å². The third kappa shape index (κ3) is 3.74. The zero-order valence-corrected chi connectivity index (χ0v) is 13.8. The quantitative estimate of drug-likeness (QED) is 0.818. The van der Waals surface area contributed by atoms with Crippen LogP contribution in [0.3, 0.4) is 0 Å². The molecular weight excluding hydrogens is 314 g/mol. The average molecular weight is 336 g/mol. The summed E-state index contributed by atoms with van der Waals surface area (Å²) < 4.78 is 1.10. The predicted octanol–water partition coefficient (Wildman–Crippen LogP) is 4.00. The van der Waals surface area contributed by atoms with Gasteiger partial charge in [0.05, 0.1) is 12.5 Å². The third-order valence-corrected chi connectivity index (χ3v) is 4.22. The van der Waals surface area contributed by atoms with E-state index < -0.39 is 0 Å². The standard InChI is InChI=1S/C16H22BrN3/c1-3-19-12(2)15-8-5-13(17)11-16(15)20(10-4-9-18)14-6-7-14/h5,8,11-12,14,19H,3-4,6-7,10H2,1-2H3. The summed E-state index contributed by atoms with van der Waals surface area (Å²) >= 11 is 3.58. The molecule has 0 spiro atoms. The smallest absolute Gasteiger partial charge is 0.0640 e. The van der Waals surface area contributed by atoms with Crippen LogP contribution in [0.2, 0.25) is 0 Å². The topological polar surface area (TPSA) is 39.1 Å². The number of hydrogen-bond acceptors (Lipinski definition) is 3. The van der Waals surface area contributed by atoms with Crippen molar-refractivity contribution in [2.45, 2.75) is 45.2 Å². The van der Waals surface area contributed by atoms with Crippen molar-refractivity contribution in [2.75, 3.05) is 18.0 Å². The number of benzene rings is 1. The summed E-state index contributed by atoms with van der Waals surface area (Å²) in [4.78, 5) is 2.41. The minimum Gasteiger partial charge on any atom is -0.367 e. The molecule has 108 valence electrons. The molecule has 1 fully saturated rings. The molecule has 1 aromatic carbocycles. The number of nitrogens with one attached hydrogen (secondary N) is 1. The van der Waals surface area contributed by atoms with E-state index in [4.69, 9.17) is 5.26 Å². The van der Waals surface area contributed by atoms with Gasteiger partial charge in [0, 0.05) is 28.8 Å². The number of hydrogen-bond donors (Lipinski definition) is 1. The van der Waals surface area contributed by atoms with Crippen molar-refractivity contribution in [3.8, 4) is 6.07 Å². The van der Waals surface area contributed by atoms with Gasteiger partial charge >= 0.3 is 0 Å². The van der Waals surface area contributed by atoms with Gasteiger partial charge in [-0.3, -0.25) is 0 Å². The lowest BCUT2D eigenvalue weighted by molar-refractivity contribution is 0.595. The van der Waals surface area contributed by atoms with Crippen molar-refractivity contribution < 1.29 is 0 Å². The molecule has 0 amide bonds. The van der Waals surface area contributed by atoms with Gasteiger partial charge in [-0.05, 0) is 44.0 Å². The second kappa shape index (κ2) is 7.10. The van der Waals surface area contributed by atoms with Gasteiger partial charge < -0.3 is 10.2 Å². The van der Waals surface area contributed by atoms with E-state index in [9.17, 15) is 0 Å². The summed E-state index contributed by atoms with van der Waals surface area (Å²) in [5, 5.41) is 12.4. The van der Waals surface area contributed by atoms with Gasteiger partial charge in [0.25, 0.3) is 0 Å². The Kier molecular flexibility index (Phi) is 5.45. The highest BCUT2D eigenvalue weighted by atomic mass is 79.9. The number of rotatable bonds is 7. The van der Waals surface area contributed by atoms with Crippen LogP contribution in [-0.4, -0.2) is 19.1 Å². The van der Waals surface area contributed by atoms with Crippen LogP contribution in [-0.2, 0) is 0 Å². The summed E-state index contributed by atoms with van der Waals surface area (Å²) in [6, 6.07) is 9.69. The molecule has 1 atom stereocenters. The first-order chi connectivity index (χ1) is 9.67. The van der Waals surface area contributed by atoms with E-state index in [2.05, 4.69) is 64.3 Å². The SMILES string of the molecule is CCNC(C)c1ccc(Br)cc1N(CCC#N)C1CC1. The molecule has 0 heterocycles. The molecular formula is C16H22BrN3. The summed E-state index contributed by atoms with van der Waals surface area (Å²) in [6.07, 6.45) is 3.07. The molecule has 0 radical (unpaired) electrons. The van der Waals surface area contributed by atoms with Crippen LogP contribution in [0.25, 0.3) is 0 Å². The molecule has 4 heteroatoms. The van der Waals surface area contributed by atoms with E-state index in [1.165, 1.54) is 24.1 Å². The largest absolute Gasteiger partial charge is 0.367 e. The molecule has 0 aromatic heterocycles. The minimum absolute atomic E-state index is 0.325. The Hall–Kier alpha value is -1.05. The Morgan fingerprint density at radius 1 is 1.50 bits per heavy atom. The van der Waals surface area contributed by atoms with E-state index in [1.54, 1.807) is 0 Å². The maximum atomic E-state index is 8.88. The van der Waals surface area contributed by atoms with E-state index >= 15 is 0 Å². The molecule has 0 saturated heterocycles. The molecule has 0 aliphatic heterocycles. The first kappa shape index (κ1) is 15.3. The van der Waals surface area contributed by atoms with Crippen LogP contribution in [0.1, 0.15) is 44.7 Å². The lowest BCUT2D eigenvalue weighted by atomic mass is 10.0. The highest BCUT2D eigenvalue weighted by Gasteiger charge is 2.30. The van der Waals surface area contributed by atoms with Crippen molar-refractivity contribution in [3.05, 3.63) is 28.2 Å². The van der Waals surface area contributed by atoms with Crippen LogP contribution >= 0.6 is 15.9 Å². The fourth-order valence-electron chi connectivity index (χ4n) is 2.60. The zero-order valence-electron chi connectivity index (χ0n) is 12.2. The zero-order chi connectivity index (χ0) is 14.5. The monoisotopic (exact) mass is 335 g/mol. The normalized spacial score (nSPS) is 15.7. The van der Waals surface area contributed by atoms with Crippen molar-refractivity contribution in [1.29, 1.82) is 5.26 Å². The van der Waals surface area contributed by atoms with E-state index in [1.807, 2.05) is 0 Å². The van der Waals surface area contributed by atoms with Gasteiger partial charge in [0.1, 0.15) is 0 Å². The highest BCUT2D eigenvalue weighted by Crippen LogP contribution is 2.37. The van der Waals surface area contributed by atoms with Crippen molar-refractivity contribution in [3.63, 3.8) is 0 Å². The van der Waals surface area contributed by atoms with E-state index in [0.717, 1.165) is 17.6 Å². The fourth-order valence-corrected chi connectivity index (χ4v) is 2.95. The Bertz CT molecular complexity index is 491. The molecule has 1 aliphatic carbocycles. The maximum absolute atomic E-state index is 8.88. The number of nitriles is 1. The molecule has 1 unspecified atom stereocenters. The molecule has 1 saturated carbocycles. The van der Waals surface area contributed by atoms with Gasteiger partial charge in [0.2, 0.25) is 0 Å². The van der Waals surface area contributed by atoms with E-state index in [0.29, 0.717) is 18.5 Å². The minimum atomic E-state index is 0.325. The number of halogens is 1. The first-order valence-corrected chi connectivity index (χ1v) is 8.13. The molecule has 3 nitrogen and oxygen atoms in total. The Morgan fingerprint density at radius 2 is 2.25 bits per heavy atom. The number of nitrogens with zero attached hydrogens (tertiary/aromatic N) is 2. The molecule has 1 aromatic rings. The maximum Gasteiger partial charge on any atom is 0.0640 e. The van der Waals surface area contributed by atoms with Gasteiger partial charge in [-0.15, -0.1) is 0 Å². The third-order valence-electron chi connectivity index (χ3n) is 3.73. The molecule has 1 N–H and O–H groups in total. The highest BCUT2D eigenvalue weighted by molar-refractivity contribution is 9.10. The average Bonchev–Trinajstić information content (AvgIpc) is 3.24. The Morgan fingerprint density at radius 3 is 2.85 bits per heavy atom. The molecule has 0 bridgehead atoms. The summed E-state index contributed by atoms with van der Waals surface area (Å²) in [7, 11) is 0.